The van der Waals surface area contributed by atoms with Crippen molar-refractivity contribution in [3.8, 4) is 0 Å². The molecular weight excluding hydrogens is 512 g/mol. The topological polar surface area (TPSA) is 52.8 Å². The lowest BCUT2D eigenvalue weighted by molar-refractivity contribution is -0.135. The zero-order valence-electron chi connectivity index (χ0n) is 24.3. The maximum absolute atomic E-state index is 13.4. The van der Waals surface area contributed by atoms with Crippen LogP contribution in [-0.4, -0.2) is 66.4 Å². The fourth-order valence-electron chi connectivity index (χ4n) is 8.35. The first-order valence-corrected chi connectivity index (χ1v) is 16.8. The Morgan fingerprint density at radius 2 is 1.57 bits per heavy atom. The summed E-state index contributed by atoms with van der Waals surface area (Å²) in [7, 11) is 2.35. The van der Waals surface area contributed by atoms with Crippen LogP contribution in [0.1, 0.15) is 63.4 Å². The monoisotopic (exact) mass is 560 g/mol. The van der Waals surface area contributed by atoms with E-state index in [2.05, 4.69) is 65.0 Å². The molecule has 0 radical (unpaired) electrons. The van der Waals surface area contributed by atoms with E-state index in [9.17, 15) is 4.79 Å². The lowest BCUT2D eigenvalue weighted by Gasteiger charge is -2.52. The molecule has 1 saturated heterocycles. The summed E-state index contributed by atoms with van der Waals surface area (Å²) < 4.78 is 0. The zero-order valence-corrected chi connectivity index (χ0v) is 25.1. The summed E-state index contributed by atoms with van der Waals surface area (Å²) in [6.45, 7) is 3.39. The Bertz CT molecular complexity index is 1110. The highest BCUT2D eigenvalue weighted by molar-refractivity contribution is 8.00. The number of rotatable bonds is 5. The Kier molecular flexibility index (Phi) is 9.05. The summed E-state index contributed by atoms with van der Waals surface area (Å²) in [5.41, 5.74) is 8.95. The van der Waals surface area contributed by atoms with Crippen LogP contribution in [0.4, 0.5) is 5.69 Å². The number of hydrogen-bond acceptors (Lipinski definition) is 5. The molecule has 216 valence electrons. The summed E-state index contributed by atoms with van der Waals surface area (Å²) in [5, 5.41) is 0.664. The first-order valence-electron chi connectivity index (χ1n) is 15.9. The highest BCUT2D eigenvalue weighted by Gasteiger charge is 2.48. The molecule has 6 heteroatoms. The number of thioether (sulfide) groups is 1. The van der Waals surface area contributed by atoms with Gasteiger partial charge in [-0.3, -0.25) is 9.69 Å². The number of piperazine rings is 1. The van der Waals surface area contributed by atoms with Gasteiger partial charge in [0.25, 0.3) is 0 Å². The molecule has 5 atom stereocenters. The van der Waals surface area contributed by atoms with E-state index in [1.165, 1.54) is 68.4 Å². The van der Waals surface area contributed by atoms with Gasteiger partial charge in [0, 0.05) is 49.3 Å². The van der Waals surface area contributed by atoms with Crippen LogP contribution in [0.2, 0.25) is 0 Å². The van der Waals surface area contributed by atoms with E-state index in [4.69, 9.17) is 5.73 Å². The van der Waals surface area contributed by atoms with Gasteiger partial charge in [-0.05, 0) is 48.8 Å². The van der Waals surface area contributed by atoms with Gasteiger partial charge in [0.1, 0.15) is 0 Å². The van der Waals surface area contributed by atoms with Gasteiger partial charge in [-0.15, -0.1) is 11.8 Å². The smallest absolute Gasteiger partial charge is 0.239 e. The predicted octanol–water partition coefficient (Wildman–Crippen LogP) is 6.02. The van der Waals surface area contributed by atoms with E-state index in [-0.39, 0.29) is 5.91 Å². The van der Waals surface area contributed by atoms with E-state index in [1.807, 2.05) is 23.1 Å². The Morgan fingerprint density at radius 1 is 0.875 bits per heavy atom. The predicted molar refractivity (Wildman–Crippen MR) is 167 cm³/mol. The van der Waals surface area contributed by atoms with Gasteiger partial charge in [0.05, 0.1) is 17.9 Å². The van der Waals surface area contributed by atoms with Crippen molar-refractivity contribution >= 4 is 23.4 Å². The minimum atomic E-state index is -0.472. The summed E-state index contributed by atoms with van der Waals surface area (Å²) in [4.78, 5) is 22.2. The maximum Gasteiger partial charge on any atom is 0.239 e. The second kappa shape index (κ2) is 12.9. The van der Waals surface area contributed by atoms with Crippen molar-refractivity contribution in [1.82, 2.24) is 9.80 Å². The quantitative estimate of drug-likeness (QED) is 0.453. The zero-order chi connectivity index (χ0) is 27.5. The van der Waals surface area contributed by atoms with Gasteiger partial charge >= 0.3 is 0 Å². The fourth-order valence-corrected chi connectivity index (χ4v) is 9.95. The Hall–Kier alpha value is -2.02. The summed E-state index contributed by atoms with van der Waals surface area (Å²) >= 11 is 2.17. The fraction of sp³-hybridized carbons (Fsp3) is 0.618. The van der Waals surface area contributed by atoms with E-state index >= 15 is 0 Å². The molecule has 4 aliphatic rings. The van der Waals surface area contributed by atoms with Crippen molar-refractivity contribution in [1.29, 1.82) is 0 Å². The van der Waals surface area contributed by atoms with Gasteiger partial charge in [-0.25, -0.2) is 0 Å². The van der Waals surface area contributed by atoms with Crippen LogP contribution in [0.25, 0.3) is 0 Å². The van der Waals surface area contributed by atoms with E-state index in [0.29, 0.717) is 23.8 Å². The minimum absolute atomic E-state index is 0.102. The minimum Gasteiger partial charge on any atom is -0.358 e. The van der Waals surface area contributed by atoms with Crippen LogP contribution >= 0.6 is 11.8 Å². The molecule has 2 heterocycles. The van der Waals surface area contributed by atoms with Crippen LogP contribution in [0.5, 0.6) is 0 Å². The van der Waals surface area contributed by atoms with Crippen LogP contribution in [-0.2, 0) is 11.2 Å². The summed E-state index contributed by atoms with van der Waals surface area (Å²) in [5.74, 6) is 2.42. The molecule has 2 aliphatic heterocycles. The normalized spacial score (nSPS) is 29.1. The molecule has 5 nitrogen and oxygen atoms in total. The Labute approximate surface area is 245 Å². The van der Waals surface area contributed by atoms with E-state index in [1.54, 1.807) is 0 Å². The van der Waals surface area contributed by atoms with Crippen molar-refractivity contribution in [2.45, 2.75) is 86.6 Å². The van der Waals surface area contributed by atoms with Crippen molar-refractivity contribution < 1.29 is 4.79 Å². The highest BCUT2D eigenvalue weighted by Crippen LogP contribution is 2.52. The summed E-state index contributed by atoms with van der Waals surface area (Å²) in [6.07, 6.45) is 13.6. The van der Waals surface area contributed by atoms with Gasteiger partial charge in [0.15, 0.2) is 0 Å². The van der Waals surface area contributed by atoms with Crippen LogP contribution in [0.3, 0.4) is 0 Å². The average molecular weight is 561 g/mol. The first kappa shape index (κ1) is 28.1. The number of para-hydroxylation sites is 1. The molecule has 0 aromatic heterocycles. The van der Waals surface area contributed by atoms with Crippen molar-refractivity contribution in [2.24, 2.45) is 23.5 Å². The molecule has 2 aromatic rings. The molecule has 6 rings (SSSR count). The molecule has 5 unspecified atom stereocenters. The Morgan fingerprint density at radius 3 is 2.33 bits per heavy atom. The molecule has 3 fully saturated rings. The molecule has 2 aromatic carbocycles. The molecule has 0 bridgehead atoms. The van der Waals surface area contributed by atoms with Crippen molar-refractivity contribution in [3.63, 3.8) is 0 Å². The SMILES string of the molecule is CN1c2ccccc2SC2CCCC(C3CCCCCC3)C2C1N1CCN(C(=O)C(N)Cc2ccccc2)CC1. The van der Waals surface area contributed by atoms with Gasteiger partial charge in [-0.2, -0.15) is 0 Å². The summed E-state index contributed by atoms with van der Waals surface area (Å²) in [6, 6.07) is 18.8. The van der Waals surface area contributed by atoms with Crippen LogP contribution in [0, 0.1) is 17.8 Å². The molecule has 2 aliphatic carbocycles. The third-order valence-electron chi connectivity index (χ3n) is 10.3. The van der Waals surface area contributed by atoms with Gasteiger partial charge < -0.3 is 15.5 Å². The second-order valence-corrected chi connectivity index (χ2v) is 14.0. The second-order valence-electron chi connectivity index (χ2n) is 12.7. The number of fused-ring (bicyclic) bond motifs is 2. The lowest BCUT2D eigenvalue weighted by atomic mass is 9.68. The number of anilines is 1. The number of carbonyl (C=O) groups is 1. The molecular formula is C34H48N4OS. The number of nitrogens with zero attached hydrogens (tertiary/aromatic N) is 3. The van der Waals surface area contributed by atoms with Crippen molar-refractivity contribution in [3.05, 3.63) is 60.2 Å². The number of nitrogens with two attached hydrogens (primary N) is 1. The van der Waals surface area contributed by atoms with Crippen molar-refractivity contribution in [2.75, 3.05) is 38.1 Å². The molecule has 0 spiro atoms. The van der Waals surface area contributed by atoms with Crippen LogP contribution < -0.4 is 10.6 Å². The van der Waals surface area contributed by atoms with Crippen LogP contribution in [0.15, 0.2) is 59.5 Å². The third-order valence-corrected chi connectivity index (χ3v) is 11.8. The molecule has 2 N–H and O–H groups in total. The number of hydrogen-bond donors (Lipinski definition) is 1. The number of benzene rings is 2. The molecule has 2 saturated carbocycles. The number of amides is 1. The van der Waals surface area contributed by atoms with E-state index in [0.717, 1.165) is 43.6 Å². The first-order chi connectivity index (χ1) is 19.6. The third kappa shape index (κ3) is 5.96. The molecule has 1 amide bonds. The van der Waals surface area contributed by atoms with Gasteiger partial charge in [0.2, 0.25) is 5.91 Å². The highest BCUT2D eigenvalue weighted by atomic mass is 32.2. The molecule has 40 heavy (non-hydrogen) atoms. The number of carbonyl (C=O) groups excluding carboxylic acids is 1. The standard InChI is InChI=1S/C34H48N4OS/c1-36-29-17-9-10-18-30(29)40-31-19-11-16-27(26-14-7-2-3-8-15-26)32(31)33(36)37-20-22-38(23-21-37)34(39)28(35)24-25-12-5-4-6-13-25/h4-6,9-10,12-13,17-18,26-28,31-33H,2-3,7-8,11,14-16,19-24,35H2,1H3. The Balaban J connectivity index is 1.22. The maximum atomic E-state index is 13.4. The average Bonchev–Trinajstić information content (AvgIpc) is 3.34. The van der Waals surface area contributed by atoms with Gasteiger partial charge in [-0.1, -0.05) is 87.4 Å². The largest absolute Gasteiger partial charge is 0.358 e. The van der Waals surface area contributed by atoms with E-state index < -0.39 is 6.04 Å². The lowest BCUT2D eigenvalue weighted by Crippen LogP contribution is -2.62.